The van der Waals surface area contributed by atoms with Crippen molar-refractivity contribution in [3.05, 3.63) is 66.3 Å². The van der Waals surface area contributed by atoms with Crippen molar-refractivity contribution >= 4 is 12.4 Å². The van der Waals surface area contributed by atoms with E-state index < -0.39 is 0 Å². The highest BCUT2D eigenvalue weighted by Gasteiger charge is 2.08. The molecule has 0 aliphatic rings. The van der Waals surface area contributed by atoms with Gasteiger partial charge in [0, 0.05) is 18.9 Å². The van der Waals surface area contributed by atoms with Crippen LogP contribution >= 0.6 is 0 Å². The molecule has 2 aromatic heterocycles. The first-order chi connectivity index (χ1) is 13.1. The normalized spacial score (nSPS) is 9.96. The number of hydrogen-bond donors (Lipinski definition) is 2. The van der Waals surface area contributed by atoms with Gasteiger partial charge in [-0.3, -0.25) is 9.59 Å². The average molecular weight is 370 g/mol. The number of carbonyl (C=O) groups is 2. The fraction of sp³-hybridized carbons (Fsp3) is 0.278. The first-order valence-electron chi connectivity index (χ1n) is 8.37. The second kappa shape index (κ2) is 10.5. The minimum absolute atomic E-state index is 0.0753. The van der Waals surface area contributed by atoms with Crippen LogP contribution in [0.1, 0.15) is 17.2 Å². The fourth-order valence-electron chi connectivity index (χ4n) is 2.46. The molecule has 2 N–H and O–H groups in total. The molecule has 2 heterocycles. The molecule has 9 nitrogen and oxygen atoms in total. The Balaban J connectivity index is 0.000000817. The van der Waals surface area contributed by atoms with Crippen molar-refractivity contribution in [1.29, 1.82) is 0 Å². The number of aromatic nitrogens is 5. The van der Waals surface area contributed by atoms with E-state index >= 15 is 0 Å². The summed E-state index contributed by atoms with van der Waals surface area (Å²) in [5.41, 5.74) is 1.26. The maximum atomic E-state index is 12.0. The molecule has 0 atom stereocenters. The lowest BCUT2D eigenvalue weighted by molar-refractivity contribution is -0.123. The standard InChI is InChI=1S/C17H20N6O.CH2O2/c1-14-18-8-10-22(14)12-17(24)19-11-16-21-20-13-23(16)9-7-15-5-3-2-4-6-15;2-1-3/h2-6,8,10,13H,7,9,11-12H2,1H3,(H,19,24);1H,(H,2,3). The molecular weight excluding hydrogens is 348 g/mol. The molecule has 0 unspecified atom stereocenters. The van der Waals surface area contributed by atoms with Crippen LogP contribution in [0.4, 0.5) is 0 Å². The molecule has 9 heteroatoms. The molecule has 27 heavy (non-hydrogen) atoms. The number of nitrogens with one attached hydrogen (secondary N) is 1. The highest BCUT2D eigenvalue weighted by molar-refractivity contribution is 5.75. The zero-order valence-electron chi connectivity index (χ0n) is 15.0. The number of amides is 1. The second-order valence-corrected chi connectivity index (χ2v) is 5.66. The first kappa shape index (κ1) is 19.8. The summed E-state index contributed by atoms with van der Waals surface area (Å²) in [6.45, 7) is 3.02. The Hall–Kier alpha value is -3.49. The summed E-state index contributed by atoms with van der Waals surface area (Å²) >= 11 is 0. The van der Waals surface area contributed by atoms with Crippen molar-refractivity contribution in [2.24, 2.45) is 0 Å². The van der Waals surface area contributed by atoms with Crippen molar-refractivity contribution in [2.45, 2.75) is 33.0 Å². The van der Waals surface area contributed by atoms with Gasteiger partial charge in [0.25, 0.3) is 6.47 Å². The molecule has 1 aromatic carbocycles. The summed E-state index contributed by atoms with van der Waals surface area (Å²) in [6.07, 6.45) is 6.07. The smallest absolute Gasteiger partial charge is 0.290 e. The maximum Gasteiger partial charge on any atom is 0.290 e. The van der Waals surface area contributed by atoms with Crippen molar-refractivity contribution in [3.63, 3.8) is 0 Å². The maximum absolute atomic E-state index is 12.0. The lowest BCUT2D eigenvalue weighted by Gasteiger charge is -2.09. The minimum Gasteiger partial charge on any atom is -0.483 e. The topological polar surface area (TPSA) is 115 Å². The van der Waals surface area contributed by atoms with Gasteiger partial charge in [-0.1, -0.05) is 30.3 Å². The molecule has 3 rings (SSSR count). The van der Waals surface area contributed by atoms with Crippen LogP contribution in [0.25, 0.3) is 0 Å². The Morgan fingerprint density at radius 1 is 1.26 bits per heavy atom. The van der Waals surface area contributed by atoms with Gasteiger partial charge in [0.2, 0.25) is 5.91 Å². The molecule has 0 saturated carbocycles. The molecule has 0 aliphatic carbocycles. The van der Waals surface area contributed by atoms with Gasteiger partial charge in [0.05, 0.1) is 6.54 Å². The third kappa shape index (κ3) is 6.38. The van der Waals surface area contributed by atoms with Crippen LogP contribution in [0.2, 0.25) is 0 Å². The Labute approximate surface area is 156 Å². The molecule has 0 bridgehead atoms. The number of nitrogens with zero attached hydrogens (tertiary/aromatic N) is 5. The van der Waals surface area contributed by atoms with Gasteiger partial charge in [-0.15, -0.1) is 10.2 Å². The van der Waals surface area contributed by atoms with Gasteiger partial charge >= 0.3 is 0 Å². The van der Waals surface area contributed by atoms with Gasteiger partial charge in [0.1, 0.15) is 18.7 Å². The summed E-state index contributed by atoms with van der Waals surface area (Å²) in [5.74, 6) is 1.49. The van der Waals surface area contributed by atoms with E-state index in [1.165, 1.54) is 5.56 Å². The van der Waals surface area contributed by atoms with E-state index in [1.807, 2.05) is 29.7 Å². The number of aryl methyl sites for hydroxylation is 3. The van der Waals surface area contributed by atoms with Crippen molar-refractivity contribution in [2.75, 3.05) is 0 Å². The predicted molar refractivity (Wildman–Crippen MR) is 97.7 cm³/mol. The Morgan fingerprint density at radius 2 is 2.00 bits per heavy atom. The predicted octanol–water partition coefficient (Wildman–Crippen LogP) is 1.04. The van der Waals surface area contributed by atoms with Crippen LogP contribution in [0, 0.1) is 6.92 Å². The molecular formula is C18H22N6O3. The molecule has 1 amide bonds. The molecule has 142 valence electrons. The van der Waals surface area contributed by atoms with E-state index in [2.05, 4.69) is 32.6 Å². The first-order valence-corrected chi connectivity index (χ1v) is 8.37. The van der Waals surface area contributed by atoms with Gasteiger partial charge < -0.3 is 19.6 Å². The number of hydrogen-bond acceptors (Lipinski definition) is 5. The summed E-state index contributed by atoms with van der Waals surface area (Å²) in [6, 6.07) is 10.3. The number of carboxylic acid groups (broad SMARTS) is 1. The molecule has 0 spiro atoms. The minimum atomic E-state index is -0.250. The van der Waals surface area contributed by atoms with Crippen LogP contribution in [-0.2, 0) is 35.6 Å². The third-order valence-electron chi connectivity index (χ3n) is 3.86. The van der Waals surface area contributed by atoms with Crippen molar-refractivity contribution < 1.29 is 14.7 Å². The highest BCUT2D eigenvalue weighted by Crippen LogP contribution is 2.03. The summed E-state index contributed by atoms with van der Waals surface area (Å²) < 4.78 is 3.77. The van der Waals surface area contributed by atoms with E-state index in [4.69, 9.17) is 9.90 Å². The van der Waals surface area contributed by atoms with E-state index in [9.17, 15) is 4.79 Å². The van der Waals surface area contributed by atoms with E-state index in [-0.39, 0.29) is 18.9 Å². The highest BCUT2D eigenvalue weighted by atomic mass is 16.3. The number of imidazole rings is 1. The molecule has 0 radical (unpaired) electrons. The van der Waals surface area contributed by atoms with Crippen LogP contribution in [-0.4, -0.2) is 41.8 Å². The molecule has 0 fully saturated rings. The van der Waals surface area contributed by atoms with Crippen LogP contribution in [0.15, 0.2) is 49.1 Å². The Morgan fingerprint density at radius 3 is 2.67 bits per heavy atom. The number of carbonyl (C=O) groups excluding carboxylic acids is 1. The lowest BCUT2D eigenvalue weighted by atomic mass is 10.1. The Kier molecular flexibility index (Phi) is 7.70. The van der Waals surface area contributed by atoms with Gasteiger partial charge in [-0.05, 0) is 18.9 Å². The largest absolute Gasteiger partial charge is 0.483 e. The quantitative estimate of drug-likeness (QED) is 0.601. The SMILES string of the molecule is Cc1nccn1CC(=O)NCc1nncn1CCc1ccccc1.O=CO. The van der Waals surface area contributed by atoms with Gasteiger partial charge in [-0.25, -0.2) is 4.98 Å². The molecule has 0 saturated heterocycles. The third-order valence-corrected chi connectivity index (χ3v) is 3.86. The lowest BCUT2D eigenvalue weighted by Crippen LogP contribution is -2.28. The van der Waals surface area contributed by atoms with E-state index in [1.54, 1.807) is 23.3 Å². The molecule has 0 aliphatic heterocycles. The zero-order chi connectivity index (χ0) is 19.5. The fourth-order valence-corrected chi connectivity index (χ4v) is 2.46. The summed E-state index contributed by atoms with van der Waals surface area (Å²) in [7, 11) is 0. The monoisotopic (exact) mass is 370 g/mol. The van der Waals surface area contributed by atoms with Gasteiger partial charge in [0.15, 0.2) is 5.82 Å². The van der Waals surface area contributed by atoms with Crippen LogP contribution in [0.3, 0.4) is 0 Å². The molecule has 3 aromatic rings. The van der Waals surface area contributed by atoms with Crippen LogP contribution < -0.4 is 5.32 Å². The zero-order valence-corrected chi connectivity index (χ0v) is 15.0. The van der Waals surface area contributed by atoms with E-state index in [0.717, 1.165) is 24.6 Å². The number of rotatable bonds is 7. The average Bonchev–Trinajstić information content (AvgIpc) is 3.29. The summed E-state index contributed by atoms with van der Waals surface area (Å²) in [5, 5.41) is 17.8. The van der Waals surface area contributed by atoms with Gasteiger partial charge in [-0.2, -0.15) is 0 Å². The second-order valence-electron chi connectivity index (χ2n) is 5.66. The van der Waals surface area contributed by atoms with Crippen LogP contribution in [0.5, 0.6) is 0 Å². The number of benzene rings is 1. The van der Waals surface area contributed by atoms with Crippen molar-refractivity contribution in [3.8, 4) is 0 Å². The van der Waals surface area contributed by atoms with Crippen molar-refractivity contribution in [1.82, 2.24) is 29.6 Å². The van der Waals surface area contributed by atoms with E-state index in [0.29, 0.717) is 6.54 Å². The Bertz CT molecular complexity index is 844. The summed E-state index contributed by atoms with van der Waals surface area (Å²) in [4.78, 5) is 24.5.